The van der Waals surface area contributed by atoms with Crippen molar-refractivity contribution in [1.82, 2.24) is 9.80 Å². The standard InChI is InChI=1S/C14H23N3O4/c15-14(21)16-7-3-4-10(8-16)13(20)17(9-12(18)19)11-5-1-2-6-11/h10-11H,1-9H2,(H2,15,21)(H,18,19). The Morgan fingerprint density at radius 1 is 1.14 bits per heavy atom. The number of hydrogen-bond donors (Lipinski definition) is 2. The number of rotatable bonds is 4. The Morgan fingerprint density at radius 3 is 2.38 bits per heavy atom. The molecule has 0 spiro atoms. The van der Waals surface area contributed by atoms with Crippen LogP contribution in [0.25, 0.3) is 0 Å². The number of primary amides is 1. The van der Waals surface area contributed by atoms with Gasteiger partial charge in [-0.05, 0) is 25.7 Å². The van der Waals surface area contributed by atoms with Gasteiger partial charge in [-0.25, -0.2) is 4.79 Å². The van der Waals surface area contributed by atoms with Gasteiger partial charge in [0.25, 0.3) is 0 Å². The molecule has 7 nitrogen and oxygen atoms in total. The van der Waals surface area contributed by atoms with E-state index in [2.05, 4.69) is 0 Å². The molecule has 21 heavy (non-hydrogen) atoms. The van der Waals surface area contributed by atoms with Crippen molar-refractivity contribution in [2.75, 3.05) is 19.6 Å². The van der Waals surface area contributed by atoms with Gasteiger partial charge in [0.2, 0.25) is 5.91 Å². The molecule has 2 fully saturated rings. The third-order valence-corrected chi connectivity index (χ3v) is 4.44. The van der Waals surface area contributed by atoms with E-state index in [0.29, 0.717) is 19.5 Å². The van der Waals surface area contributed by atoms with Crippen molar-refractivity contribution in [3.63, 3.8) is 0 Å². The van der Waals surface area contributed by atoms with Crippen LogP contribution in [-0.4, -0.2) is 58.5 Å². The van der Waals surface area contributed by atoms with Crippen LogP contribution in [0.5, 0.6) is 0 Å². The summed E-state index contributed by atoms with van der Waals surface area (Å²) in [6.45, 7) is 0.620. The lowest BCUT2D eigenvalue weighted by atomic mass is 9.95. The highest BCUT2D eigenvalue weighted by molar-refractivity contribution is 5.84. The molecule has 0 aromatic rings. The lowest BCUT2D eigenvalue weighted by Gasteiger charge is -2.36. The SMILES string of the molecule is NC(=O)N1CCCC(C(=O)N(CC(=O)O)C2CCCC2)C1. The van der Waals surface area contributed by atoms with Crippen LogP contribution in [0.2, 0.25) is 0 Å². The molecule has 0 bridgehead atoms. The summed E-state index contributed by atoms with van der Waals surface area (Å²) in [6, 6.07) is -0.490. The summed E-state index contributed by atoms with van der Waals surface area (Å²) in [5, 5.41) is 9.05. The molecule has 1 saturated carbocycles. The fraction of sp³-hybridized carbons (Fsp3) is 0.786. The Labute approximate surface area is 124 Å². The third kappa shape index (κ3) is 3.86. The van der Waals surface area contributed by atoms with Gasteiger partial charge in [0, 0.05) is 19.1 Å². The quantitative estimate of drug-likeness (QED) is 0.794. The maximum Gasteiger partial charge on any atom is 0.323 e. The van der Waals surface area contributed by atoms with Crippen molar-refractivity contribution < 1.29 is 19.5 Å². The van der Waals surface area contributed by atoms with Gasteiger partial charge in [-0.3, -0.25) is 9.59 Å². The number of aliphatic carboxylic acids is 1. The first-order chi connectivity index (χ1) is 9.99. The van der Waals surface area contributed by atoms with Gasteiger partial charge < -0.3 is 20.6 Å². The molecule has 1 unspecified atom stereocenters. The largest absolute Gasteiger partial charge is 0.480 e. The number of hydrogen-bond acceptors (Lipinski definition) is 3. The molecular weight excluding hydrogens is 274 g/mol. The molecule has 1 saturated heterocycles. The first-order valence-corrected chi connectivity index (χ1v) is 7.55. The zero-order valence-electron chi connectivity index (χ0n) is 12.2. The monoisotopic (exact) mass is 297 g/mol. The minimum atomic E-state index is -0.988. The van der Waals surface area contributed by atoms with Gasteiger partial charge in [-0.2, -0.15) is 0 Å². The average molecular weight is 297 g/mol. The van der Waals surface area contributed by atoms with Crippen molar-refractivity contribution in [2.24, 2.45) is 11.7 Å². The molecule has 0 aromatic carbocycles. The molecule has 2 aliphatic rings. The molecule has 7 heteroatoms. The van der Waals surface area contributed by atoms with Crippen molar-refractivity contribution >= 4 is 17.9 Å². The smallest absolute Gasteiger partial charge is 0.323 e. The molecule has 0 aromatic heterocycles. The summed E-state index contributed by atoms with van der Waals surface area (Å²) >= 11 is 0. The molecule has 3 amide bonds. The molecule has 1 atom stereocenters. The van der Waals surface area contributed by atoms with Crippen LogP contribution < -0.4 is 5.73 Å². The minimum absolute atomic E-state index is 0.0255. The number of carboxylic acid groups (broad SMARTS) is 1. The van der Waals surface area contributed by atoms with Crippen LogP contribution in [0.4, 0.5) is 4.79 Å². The van der Waals surface area contributed by atoms with Gasteiger partial charge in [-0.1, -0.05) is 12.8 Å². The summed E-state index contributed by atoms with van der Waals surface area (Å²) in [6.07, 6.45) is 5.21. The third-order valence-electron chi connectivity index (χ3n) is 4.44. The zero-order chi connectivity index (χ0) is 15.4. The fourth-order valence-electron chi connectivity index (χ4n) is 3.36. The van der Waals surface area contributed by atoms with Crippen LogP contribution in [0, 0.1) is 5.92 Å². The van der Waals surface area contributed by atoms with Crippen LogP contribution in [0.3, 0.4) is 0 Å². The van der Waals surface area contributed by atoms with Crippen LogP contribution >= 0.6 is 0 Å². The molecule has 0 radical (unpaired) electrons. The van der Waals surface area contributed by atoms with Gasteiger partial charge >= 0.3 is 12.0 Å². The molecule has 118 valence electrons. The first kappa shape index (κ1) is 15.6. The van der Waals surface area contributed by atoms with Crippen LogP contribution in [-0.2, 0) is 9.59 Å². The Kier molecular flexibility index (Phi) is 5.03. The fourth-order valence-corrected chi connectivity index (χ4v) is 3.36. The highest BCUT2D eigenvalue weighted by Crippen LogP contribution is 2.27. The van der Waals surface area contributed by atoms with E-state index < -0.39 is 12.0 Å². The Hall–Kier alpha value is -1.79. The summed E-state index contributed by atoms with van der Waals surface area (Å²) in [7, 11) is 0. The minimum Gasteiger partial charge on any atom is -0.480 e. The van der Waals surface area contributed by atoms with Crippen molar-refractivity contribution in [3.8, 4) is 0 Å². The van der Waals surface area contributed by atoms with E-state index in [4.69, 9.17) is 10.8 Å². The molecule has 3 N–H and O–H groups in total. The molecule has 1 aliphatic carbocycles. The second-order valence-electron chi connectivity index (χ2n) is 5.92. The van der Waals surface area contributed by atoms with Crippen molar-refractivity contribution in [3.05, 3.63) is 0 Å². The van der Waals surface area contributed by atoms with Gasteiger partial charge in [-0.15, -0.1) is 0 Å². The van der Waals surface area contributed by atoms with E-state index in [9.17, 15) is 14.4 Å². The highest BCUT2D eigenvalue weighted by atomic mass is 16.4. The summed E-state index contributed by atoms with van der Waals surface area (Å²) in [4.78, 5) is 38.0. The lowest BCUT2D eigenvalue weighted by molar-refractivity contribution is -0.149. The summed E-state index contributed by atoms with van der Waals surface area (Å²) in [5.41, 5.74) is 5.28. The van der Waals surface area contributed by atoms with E-state index in [1.807, 2.05) is 0 Å². The zero-order valence-corrected chi connectivity index (χ0v) is 12.2. The Morgan fingerprint density at radius 2 is 1.81 bits per heavy atom. The number of amides is 3. The number of nitrogens with two attached hydrogens (primary N) is 1. The average Bonchev–Trinajstić information content (AvgIpc) is 2.98. The van der Waals surface area contributed by atoms with Crippen molar-refractivity contribution in [2.45, 2.75) is 44.6 Å². The van der Waals surface area contributed by atoms with E-state index >= 15 is 0 Å². The van der Waals surface area contributed by atoms with Gasteiger partial charge in [0.05, 0.1) is 5.92 Å². The van der Waals surface area contributed by atoms with E-state index in [1.165, 1.54) is 9.80 Å². The summed E-state index contributed by atoms with van der Waals surface area (Å²) in [5.74, 6) is -1.46. The highest BCUT2D eigenvalue weighted by Gasteiger charge is 2.35. The maximum atomic E-state index is 12.7. The number of likely N-dealkylation sites (tertiary alicyclic amines) is 1. The number of carboxylic acids is 1. The van der Waals surface area contributed by atoms with Gasteiger partial charge in [0.1, 0.15) is 6.54 Å². The second kappa shape index (κ2) is 6.78. The lowest BCUT2D eigenvalue weighted by Crippen LogP contribution is -2.51. The molecular formula is C14H23N3O4. The van der Waals surface area contributed by atoms with Crippen molar-refractivity contribution in [1.29, 1.82) is 0 Å². The number of piperidine rings is 1. The predicted octanol–water partition coefficient (Wildman–Crippen LogP) is 0.633. The topological polar surface area (TPSA) is 104 Å². The Bertz CT molecular complexity index is 420. The van der Waals surface area contributed by atoms with E-state index in [1.54, 1.807) is 0 Å². The second-order valence-corrected chi connectivity index (χ2v) is 5.92. The normalized spacial score (nSPS) is 23.0. The molecule has 1 aliphatic heterocycles. The number of carbonyl (C=O) groups excluding carboxylic acids is 2. The maximum absolute atomic E-state index is 12.7. The summed E-state index contributed by atoms with van der Waals surface area (Å²) < 4.78 is 0. The number of carbonyl (C=O) groups is 3. The Balaban J connectivity index is 2.05. The molecule has 1 heterocycles. The van der Waals surface area contributed by atoms with Crippen LogP contribution in [0.1, 0.15) is 38.5 Å². The number of nitrogens with zero attached hydrogens (tertiary/aromatic N) is 2. The van der Waals surface area contributed by atoms with Crippen LogP contribution in [0.15, 0.2) is 0 Å². The first-order valence-electron chi connectivity index (χ1n) is 7.55. The van der Waals surface area contributed by atoms with Gasteiger partial charge in [0.15, 0.2) is 0 Å². The molecule has 2 rings (SSSR count). The van der Waals surface area contributed by atoms with E-state index in [-0.39, 0.29) is 24.4 Å². The number of urea groups is 1. The van der Waals surface area contributed by atoms with E-state index in [0.717, 1.165) is 32.1 Å². The predicted molar refractivity (Wildman–Crippen MR) is 75.5 cm³/mol.